The van der Waals surface area contributed by atoms with Gasteiger partial charge in [-0.3, -0.25) is 4.79 Å². The third-order valence-electron chi connectivity index (χ3n) is 4.54. The highest BCUT2D eigenvalue weighted by molar-refractivity contribution is 8.01. The van der Waals surface area contributed by atoms with Gasteiger partial charge in [0, 0.05) is 13.5 Å². The van der Waals surface area contributed by atoms with E-state index in [0.29, 0.717) is 5.75 Å². The summed E-state index contributed by atoms with van der Waals surface area (Å²) in [5, 5.41) is -0.760. The Labute approximate surface area is 134 Å². The highest BCUT2D eigenvalue weighted by Crippen LogP contribution is 2.56. The molecule has 0 saturated carbocycles. The smallest absolute Gasteiger partial charge is 0.267 e. The minimum atomic E-state index is -3.57. The number of likely N-dealkylation sites (N-methyl/N-ethyl adjacent to an activating group) is 1. The first-order valence-electron chi connectivity index (χ1n) is 7.19. The highest BCUT2D eigenvalue weighted by atomic mass is 32.2. The first-order valence-corrected chi connectivity index (χ1v) is 9.72. The van der Waals surface area contributed by atoms with Gasteiger partial charge in [0.05, 0.1) is 4.90 Å². The molecule has 1 aromatic carbocycles. The number of nitrogens with zero attached hydrogens (tertiary/aromatic N) is 1. The van der Waals surface area contributed by atoms with Crippen molar-refractivity contribution >= 4 is 27.5 Å². The predicted octanol–water partition coefficient (Wildman–Crippen LogP) is 1.89. The van der Waals surface area contributed by atoms with Gasteiger partial charge in [0.15, 0.2) is 20.5 Å². The Hall–Kier alpha value is -1.05. The van der Waals surface area contributed by atoms with E-state index in [1.165, 1.54) is 16.7 Å². The van der Waals surface area contributed by atoms with Crippen molar-refractivity contribution in [2.75, 3.05) is 12.8 Å². The van der Waals surface area contributed by atoms with Gasteiger partial charge in [0.1, 0.15) is 5.25 Å². The number of sulfone groups is 1. The molecule has 120 valence electrons. The largest absolute Gasteiger partial charge is 0.328 e. The average molecular weight is 341 g/mol. The van der Waals surface area contributed by atoms with E-state index in [1.54, 1.807) is 44.3 Å². The third-order valence-corrected chi connectivity index (χ3v) is 8.01. The van der Waals surface area contributed by atoms with Gasteiger partial charge in [-0.25, -0.2) is 8.42 Å². The minimum Gasteiger partial charge on any atom is -0.328 e. The van der Waals surface area contributed by atoms with Crippen molar-refractivity contribution in [2.45, 2.75) is 41.1 Å². The summed E-state index contributed by atoms with van der Waals surface area (Å²) in [6, 6.07) is 8.36. The molecule has 2 fully saturated rings. The Morgan fingerprint density at radius 2 is 2.00 bits per heavy atom. The number of hydrogen-bond acceptors (Lipinski definition) is 5. The molecule has 5 nitrogen and oxygen atoms in total. The highest BCUT2D eigenvalue weighted by Gasteiger charge is 2.71. The summed E-state index contributed by atoms with van der Waals surface area (Å²) < 4.78 is 32.0. The molecule has 2 bridgehead atoms. The fraction of sp³-hybridized carbons (Fsp3) is 0.533. The normalized spacial score (nSPS) is 34.4. The van der Waals surface area contributed by atoms with Crippen LogP contribution in [0.2, 0.25) is 0 Å². The molecular weight excluding hydrogens is 322 g/mol. The van der Waals surface area contributed by atoms with E-state index in [-0.39, 0.29) is 17.2 Å². The van der Waals surface area contributed by atoms with Crippen LogP contribution in [0.3, 0.4) is 0 Å². The molecule has 0 radical (unpaired) electrons. The molecule has 3 unspecified atom stereocenters. The second-order valence-corrected chi connectivity index (χ2v) is 9.41. The fourth-order valence-corrected chi connectivity index (χ4v) is 6.75. The summed E-state index contributed by atoms with van der Waals surface area (Å²) in [6.45, 7) is 3.63. The number of carbonyl (C=O) groups excluding carboxylic acids is 1. The Bertz CT molecular complexity index is 706. The van der Waals surface area contributed by atoms with Crippen LogP contribution in [0.4, 0.5) is 0 Å². The van der Waals surface area contributed by atoms with Crippen molar-refractivity contribution < 1.29 is 17.9 Å². The van der Waals surface area contributed by atoms with Crippen LogP contribution in [0, 0.1) is 0 Å². The second kappa shape index (κ2) is 4.97. The zero-order chi connectivity index (χ0) is 16.2. The topological polar surface area (TPSA) is 63.7 Å². The van der Waals surface area contributed by atoms with E-state index in [0.717, 1.165) is 0 Å². The number of likely N-dealkylation sites (tertiary alicyclic amines) is 1. The number of amides is 1. The summed E-state index contributed by atoms with van der Waals surface area (Å²) in [7, 11) is -1.95. The van der Waals surface area contributed by atoms with E-state index in [1.807, 2.05) is 6.92 Å². The molecule has 0 aliphatic carbocycles. The monoisotopic (exact) mass is 341 g/mol. The van der Waals surface area contributed by atoms with Crippen LogP contribution in [-0.2, 0) is 19.4 Å². The fourth-order valence-electron chi connectivity index (χ4n) is 3.30. The van der Waals surface area contributed by atoms with Gasteiger partial charge in [-0.05, 0) is 24.8 Å². The lowest BCUT2D eigenvalue weighted by Gasteiger charge is -2.36. The lowest BCUT2D eigenvalue weighted by molar-refractivity contribution is -0.133. The number of ether oxygens (including phenoxy) is 1. The van der Waals surface area contributed by atoms with E-state index in [9.17, 15) is 13.2 Å². The molecule has 0 spiro atoms. The summed E-state index contributed by atoms with van der Waals surface area (Å²) in [6.07, 6.45) is 0.197. The van der Waals surface area contributed by atoms with E-state index < -0.39 is 25.7 Å². The number of hydrogen-bond donors (Lipinski definition) is 0. The summed E-state index contributed by atoms with van der Waals surface area (Å²) >= 11 is 1.38. The van der Waals surface area contributed by atoms with Crippen molar-refractivity contribution in [3.8, 4) is 0 Å². The molecule has 2 heterocycles. The van der Waals surface area contributed by atoms with Crippen LogP contribution >= 0.6 is 11.8 Å². The lowest BCUT2D eigenvalue weighted by atomic mass is 10.0. The first-order chi connectivity index (χ1) is 10.3. The first kappa shape index (κ1) is 15.8. The maximum absolute atomic E-state index is 13.0. The van der Waals surface area contributed by atoms with Gasteiger partial charge in [-0.1, -0.05) is 25.1 Å². The standard InChI is InChI=1S/C15H19NO4S2/c1-4-21-15-10-12(14(2,20-15)16(3)13(15)17)22(18,19)11-8-6-5-7-9-11/h5-9,12H,4,10H2,1-3H3. The number of carbonyl (C=O) groups is 1. The van der Waals surface area contributed by atoms with Crippen LogP contribution in [0.5, 0.6) is 0 Å². The van der Waals surface area contributed by atoms with Gasteiger partial charge in [0.25, 0.3) is 5.91 Å². The van der Waals surface area contributed by atoms with E-state index in [2.05, 4.69) is 0 Å². The molecule has 22 heavy (non-hydrogen) atoms. The molecule has 3 rings (SSSR count). The third kappa shape index (κ3) is 1.95. The molecule has 1 amide bonds. The number of fused-ring (bicyclic) bond motifs is 2. The van der Waals surface area contributed by atoms with Crippen LogP contribution in [0.25, 0.3) is 0 Å². The molecule has 0 aromatic heterocycles. The molecule has 2 aliphatic heterocycles. The Balaban J connectivity index is 2.06. The van der Waals surface area contributed by atoms with Crippen molar-refractivity contribution in [3.05, 3.63) is 30.3 Å². The zero-order valence-corrected chi connectivity index (χ0v) is 14.4. The van der Waals surface area contributed by atoms with Crippen LogP contribution in [0.15, 0.2) is 35.2 Å². The van der Waals surface area contributed by atoms with Crippen molar-refractivity contribution in [2.24, 2.45) is 0 Å². The van der Waals surface area contributed by atoms with Gasteiger partial charge < -0.3 is 9.64 Å². The number of rotatable bonds is 4. The van der Waals surface area contributed by atoms with Crippen molar-refractivity contribution in [1.82, 2.24) is 4.90 Å². The van der Waals surface area contributed by atoms with Gasteiger partial charge in [0.2, 0.25) is 0 Å². The van der Waals surface area contributed by atoms with Crippen LogP contribution in [-0.4, -0.2) is 47.9 Å². The lowest BCUT2D eigenvalue weighted by Crippen LogP contribution is -2.56. The van der Waals surface area contributed by atoms with Crippen molar-refractivity contribution in [3.63, 3.8) is 0 Å². The van der Waals surface area contributed by atoms with Gasteiger partial charge in [-0.2, -0.15) is 0 Å². The number of piperidine rings is 1. The predicted molar refractivity (Wildman–Crippen MR) is 85.2 cm³/mol. The molecular formula is C15H19NO4S2. The molecule has 1 aromatic rings. The molecule has 7 heteroatoms. The van der Waals surface area contributed by atoms with Crippen LogP contribution < -0.4 is 0 Å². The quantitative estimate of drug-likeness (QED) is 0.837. The SMILES string of the molecule is CCSC12CC(S(=O)(=O)c3ccccc3)C(C)(O1)N(C)C2=O. The average Bonchev–Trinajstić information content (AvgIpc) is 2.90. The minimum absolute atomic E-state index is 0.138. The molecule has 2 aliphatic rings. The Morgan fingerprint density at radius 1 is 1.36 bits per heavy atom. The summed E-state index contributed by atoms with van der Waals surface area (Å²) in [4.78, 5) is 13.1. The maximum Gasteiger partial charge on any atom is 0.267 e. The van der Waals surface area contributed by atoms with Crippen molar-refractivity contribution in [1.29, 1.82) is 0 Å². The second-order valence-electron chi connectivity index (χ2n) is 5.76. The van der Waals surface area contributed by atoms with Gasteiger partial charge in [-0.15, -0.1) is 11.8 Å². The Morgan fingerprint density at radius 3 is 2.59 bits per heavy atom. The maximum atomic E-state index is 13.0. The summed E-state index contributed by atoms with van der Waals surface area (Å²) in [5.41, 5.74) is -1.12. The van der Waals surface area contributed by atoms with Gasteiger partial charge >= 0.3 is 0 Å². The molecule has 2 saturated heterocycles. The number of benzene rings is 1. The van der Waals surface area contributed by atoms with Crippen LogP contribution in [0.1, 0.15) is 20.3 Å². The molecule has 3 atom stereocenters. The summed E-state index contributed by atoms with van der Waals surface area (Å²) in [5.74, 6) is 0.551. The van der Waals surface area contributed by atoms with E-state index in [4.69, 9.17) is 4.74 Å². The molecule has 0 N–H and O–H groups in total. The zero-order valence-electron chi connectivity index (χ0n) is 12.8. The van der Waals surface area contributed by atoms with E-state index >= 15 is 0 Å². The number of thioether (sulfide) groups is 1. The Kier molecular flexibility index (Phi) is 3.58.